The number of carbonyl (C=O) groups excluding carboxylic acids is 2. The van der Waals surface area contributed by atoms with Crippen LogP contribution in [0.5, 0.6) is 0 Å². The van der Waals surface area contributed by atoms with Gasteiger partial charge in [-0.2, -0.15) is 0 Å². The highest BCUT2D eigenvalue weighted by Crippen LogP contribution is 2.53. The van der Waals surface area contributed by atoms with Crippen LogP contribution in [0.2, 0.25) is 0 Å². The lowest BCUT2D eigenvalue weighted by Gasteiger charge is -2.46. The third-order valence-electron chi connectivity index (χ3n) is 5.97. The first-order valence-electron chi connectivity index (χ1n) is 10.8. The van der Waals surface area contributed by atoms with E-state index in [0.29, 0.717) is 18.6 Å². The van der Waals surface area contributed by atoms with Crippen molar-refractivity contribution in [1.29, 1.82) is 0 Å². The predicted octanol–water partition coefficient (Wildman–Crippen LogP) is 2.65. The molecule has 1 amide bonds. The van der Waals surface area contributed by atoms with Crippen LogP contribution in [0.3, 0.4) is 0 Å². The van der Waals surface area contributed by atoms with Crippen LogP contribution >= 0.6 is 0 Å². The van der Waals surface area contributed by atoms with Gasteiger partial charge in [0.2, 0.25) is 0 Å². The van der Waals surface area contributed by atoms with E-state index in [0.717, 1.165) is 0 Å². The minimum Gasteiger partial charge on any atom is -0.451 e. The van der Waals surface area contributed by atoms with Crippen LogP contribution in [-0.4, -0.2) is 73.0 Å². The Hall–Kier alpha value is -1.48. The second-order valence-electron chi connectivity index (χ2n) is 11.0. The molecule has 176 valence electrons. The fourth-order valence-electron chi connectivity index (χ4n) is 4.58. The van der Waals surface area contributed by atoms with Gasteiger partial charge in [-0.25, -0.2) is 0 Å². The zero-order valence-electron chi connectivity index (χ0n) is 20.2. The van der Waals surface area contributed by atoms with Crippen LogP contribution in [0.4, 0.5) is 0 Å². The number of amides is 1. The molecule has 0 N–H and O–H groups in total. The zero-order valence-corrected chi connectivity index (χ0v) is 20.2. The van der Waals surface area contributed by atoms with Crippen molar-refractivity contribution in [3.63, 3.8) is 0 Å². The van der Waals surface area contributed by atoms with Crippen molar-refractivity contribution in [3.8, 4) is 0 Å². The largest absolute Gasteiger partial charge is 0.451 e. The van der Waals surface area contributed by atoms with Crippen LogP contribution in [0.25, 0.3) is 0 Å². The van der Waals surface area contributed by atoms with Gasteiger partial charge in [0.25, 0.3) is 5.91 Å². The number of esters is 1. The molecule has 0 aromatic heterocycles. The maximum atomic E-state index is 13.2. The molecule has 2 aliphatic heterocycles. The fraction of sp³-hybridized carbons (Fsp3) is 0.826. The number of ether oxygens (including phenoxy) is 5. The van der Waals surface area contributed by atoms with E-state index in [1.807, 2.05) is 27.7 Å². The molecule has 1 aliphatic carbocycles. The van der Waals surface area contributed by atoms with Gasteiger partial charge < -0.3 is 28.6 Å². The average Bonchev–Trinajstić information content (AvgIpc) is 3.08. The van der Waals surface area contributed by atoms with Crippen molar-refractivity contribution >= 4 is 11.9 Å². The highest BCUT2D eigenvalue weighted by atomic mass is 16.8. The topological polar surface area (TPSA) is 83.5 Å². The summed E-state index contributed by atoms with van der Waals surface area (Å²) in [4.78, 5) is 27.4. The SMILES string of the molecule is C=C1C[C@@]2(COC(C)(C)O2)[C@H]2OC(C)(C)O[C@H]2[C@H]1[C@H](OC(=O)C(C)(C)C)C(=O)N(C)C. The Kier molecular flexibility index (Phi) is 5.88. The molecule has 3 rings (SSSR count). The van der Waals surface area contributed by atoms with E-state index in [1.165, 1.54) is 4.90 Å². The zero-order chi connectivity index (χ0) is 23.6. The minimum absolute atomic E-state index is 0.320. The summed E-state index contributed by atoms with van der Waals surface area (Å²) in [5.74, 6) is -3.04. The van der Waals surface area contributed by atoms with Crippen molar-refractivity contribution in [2.24, 2.45) is 11.3 Å². The summed E-state index contributed by atoms with van der Waals surface area (Å²) in [7, 11) is 3.27. The summed E-state index contributed by atoms with van der Waals surface area (Å²) in [6.45, 7) is 17.2. The maximum Gasteiger partial charge on any atom is 0.312 e. The van der Waals surface area contributed by atoms with Gasteiger partial charge >= 0.3 is 5.97 Å². The second-order valence-corrected chi connectivity index (χ2v) is 11.0. The van der Waals surface area contributed by atoms with Crippen LogP contribution < -0.4 is 0 Å². The van der Waals surface area contributed by atoms with Crippen molar-refractivity contribution in [2.75, 3.05) is 20.7 Å². The van der Waals surface area contributed by atoms with Crippen LogP contribution in [0.15, 0.2) is 12.2 Å². The molecule has 1 spiro atoms. The third-order valence-corrected chi connectivity index (χ3v) is 5.97. The first-order chi connectivity index (χ1) is 14.0. The molecule has 2 heterocycles. The first-order valence-corrected chi connectivity index (χ1v) is 10.8. The van der Waals surface area contributed by atoms with E-state index >= 15 is 0 Å². The Morgan fingerprint density at radius 1 is 1.13 bits per heavy atom. The molecular formula is C23H37NO7. The summed E-state index contributed by atoms with van der Waals surface area (Å²) in [6, 6.07) is 0. The first kappa shape index (κ1) is 24.2. The van der Waals surface area contributed by atoms with E-state index in [-0.39, 0.29) is 5.91 Å². The highest BCUT2D eigenvalue weighted by molar-refractivity contribution is 5.85. The van der Waals surface area contributed by atoms with Gasteiger partial charge in [-0.3, -0.25) is 9.59 Å². The molecule has 0 bridgehead atoms. The molecule has 5 atom stereocenters. The molecule has 3 fully saturated rings. The summed E-state index contributed by atoms with van der Waals surface area (Å²) in [5.41, 5.74) is -0.832. The smallest absolute Gasteiger partial charge is 0.312 e. The molecule has 8 heteroatoms. The quantitative estimate of drug-likeness (QED) is 0.494. The lowest BCUT2D eigenvalue weighted by molar-refractivity contribution is -0.208. The molecule has 8 nitrogen and oxygen atoms in total. The van der Waals surface area contributed by atoms with Gasteiger partial charge in [0, 0.05) is 20.5 Å². The Morgan fingerprint density at radius 2 is 1.74 bits per heavy atom. The van der Waals surface area contributed by atoms with E-state index < -0.39 is 52.8 Å². The molecule has 3 aliphatic rings. The van der Waals surface area contributed by atoms with Crippen LogP contribution in [0.1, 0.15) is 54.9 Å². The second kappa shape index (κ2) is 7.54. The molecule has 0 unspecified atom stereocenters. The molecule has 0 radical (unpaired) electrons. The van der Waals surface area contributed by atoms with Gasteiger partial charge in [-0.05, 0) is 48.5 Å². The van der Waals surface area contributed by atoms with Crippen LogP contribution in [-0.2, 0) is 33.3 Å². The van der Waals surface area contributed by atoms with Gasteiger partial charge in [0.15, 0.2) is 17.7 Å². The predicted molar refractivity (Wildman–Crippen MR) is 113 cm³/mol. The van der Waals surface area contributed by atoms with Crippen LogP contribution in [0, 0.1) is 11.3 Å². The Morgan fingerprint density at radius 3 is 2.23 bits per heavy atom. The maximum absolute atomic E-state index is 13.2. The molecule has 2 saturated heterocycles. The van der Waals surface area contributed by atoms with Crippen molar-refractivity contribution < 1.29 is 33.3 Å². The number of carbonyl (C=O) groups is 2. The number of rotatable bonds is 3. The summed E-state index contributed by atoms with van der Waals surface area (Å²) >= 11 is 0. The Balaban J connectivity index is 2.01. The Bertz CT molecular complexity index is 766. The number of nitrogens with zero attached hydrogens (tertiary/aromatic N) is 1. The van der Waals surface area contributed by atoms with Gasteiger partial charge in [-0.15, -0.1) is 0 Å². The van der Waals surface area contributed by atoms with Crippen molar-refractivity contribution in [1.82, 2.24) is 4.90 Å². The summed E-state index contributed by atoms with van der Waals surface area (Å²) in [6.07, 6.45) is -1.76. The van der Waals surface area contributed by atoms with Crippen molar-refractivity contribution in [3.05, 3.63) is 12.2 Å². The third kappa shape index (κ3) is 4.53. The lowest BCUT2D eigenvalue weighted by Crippen LogP contribution is -2.61. The average molecular weight is 440 g/mol. The van der Waals surface area contributed by atoms with E-state index in [1.54, 1.807) is 34.9 Å². The van der Waals surface area contributed by atoms with E-state index in [2.05, 4.69) is 6.58 Å². The fourth-order valence-corrected chi connectivity index (χ4v) is 4.58. The van der Waals surface area contributed by atoms with E-state index in [4.69, 9.17) is 23.7 Å². The summed E-state index contributed by atoms with van der Waals surface area (Å²) in [5, 5.41) is 0. The van der Waals surface area contributed by atoms with Gasteiger partial charge in [-0.1, -0.05) is 12.2 Å². The molecular weight excluding hydrogens is 402 g/mol. The standard InChI is InChI=1S/C23H37NO7/c1-13-11-23(12-27-21(5,6)31-23)17-15(29-22(7,8)30-17)14(13)16(18(25)24(9)10)28-19(26)20(2,3)4/h14-17H,1,11-12H2,2-10H3/t14-,15-,16-,17-,23+/m0/s1. The lowest BCUT2D eigenvalue weighted by atomic mass is 9.70. The number of hydrogen-bond acceptors (Lipinski definition) is 7. The molecule has 0 aromatic rings. The minimum atomic E-state index is -1.08. The molecule has 31 heavy (non-hydrogen) atoms. The normalized spacial score (nSPS) is 35.0. The monoisotopic (exact) mass is 439 g/mol. The van der Waals surface area contributed by atoms with Gasteiger partial charge in [0.1, 0.15) is 17.8 Å². The number of likely N-dealkylation sites (N-methyl/N-ethyl adjacent to an activating group) is 1. The number of fused-ring (bicyclic) bond motifs is 2. The summed E-state index contributed by atoms with van der Waals surface area (Å²) < 4.78 is 30.6. The van der Waals surface area contributed by atoms with Crippen molar-refractivity contribution in [2.45, 2.75) is 90.4 Å². The van der Waals surface area contributed by atoms with E-state index in [9.17, 15) is 9.59 Å². The van der Waals surface area contributed by atoms with Gasteiger partial charge in [0.05, 0.1) is 17.9 Å². The molecule has 0 aromatic carbocycles. The Labute approximate surface area is 185 Å². The number of hydrogen-bond donors (Lipinski definition) is 0. The molecule has 1 saturated carbocycles. The highest BCUT2D eigenvalue weighted by Gasteiger charge is 2.65.